The molecule has 1 fully saturated rings. The lowest BCUT2D eigenvalue weighted by atomic mass is 10.0. The molecule has 0 spiro atoms. The van der Waals surface area contributed by atoms with Gasteiger partial charge in [0.2, 0.25) is 5.76 Å². The monoisotopic (exact) mass is 280 g/mol. The van der Waals surface area contributed by atoms with Crippen molar-refractivity contribution in [2.24, 2.45) is 0 Å². The van der Waals surface area contributed by atoms with E-state index >= 15 is 0 Å². The molecule has 1 aliphatic heterocycles. The second kappa shape index (κ2) is 7.45. The number of esters is 1. The highest BCUT2D eigenvalue weighted by Crippen LogP contribution is 2.13. The first-order chi connectivity index (χ1) is 9.72. The number of ether oxygens (including phenoxy) is 1. The summed E-state index contributed by atoms with van der Waals surface area (Å²) in [5.41, 5.74) is 0. The second-order valence-electron chi connectivity index (χ2n) is 5.25. The average Bonchev–Trinajstić information content (AvgIpc) is 2.95. The SMILES string of the molecule is CCCN1CCC(NCc2ccc(C(=O)OC)o2)CC1. The van der Waals surface area contributed by atoms with E-state index in [2.05, 4.69) is 21.9 Å². The highest BCUT2D eigenvalue weighted by Gasteiger charge is 2.18. The van der Waals surface area contributed by atoms with Crippen molar-refractivity contribution in [2.75, 3.05) is 26.7 Å². The Hall–Kier alpha value is -1.33. The number of likely N-dealkylation sites (tertiary alicyclic amines) is 1. The Morgan fingerprint density at radius 1 is 1.45 bits per heavy atom. The number of nitrogens with zero attached hydrogens (tertiary/aromatic N) is 1. The lowest BCUT2D eigenvalue weighted by molar-refractivity contribution is 0.0562. The number of furan rings is 1. The van der Waals surface area contributed by atoms with Crippen LogP contribution in [0.15, 0.2) is 16.5 Å². The minimum Gasteiger partial charge on any atom is -0.463 e. The maximum absolute atomic E-state index is 11.3. The predicted octanol–water partition coefficient (Wildman–Crippen LogP) is 2.03. The minimum absolute atomic E-state index is 0.266. The summed E-state index contributed by atoms with van der Waals surface area (Å²) in [5.74, 6) is 0.618. The second-order valence-corrected chi connectivity index (χ2v) is 5.25. The van der Waals surface area contributed by atoms with Gasteiger partial charge in [-0.05, 0) is 51.0 Å². The van der Waals surface area contributed by atoms with Gasteiger partial charge in [0.15, 0.2) is 0 Å². The molecule has 1 aliphatic rings. The van der Waals surface area contributed by atoms with E-state index in [0.717, 1.165) is 18.8 Å². The lowest BCUT2D eigenvalue weighted by Gasteiger charge is -2.32. The molecule has 0 atom stereocenters. The van der Waals surface area contributed by atoms with Gasteiger partial charge in [0, 0.05) is 6.04 Å². The first-order valence-electron chi connectivity index (χ1n) is 7.35. The Labute approximate surface area is 120 Å². The molecule has 0 saturated carbocycles. The summed E-state index contributed by atoms with van der Waals surface area (Å²) < 4.78 is 10.1. The van der Waals surface area contributed by atoms with Crippen molar-refractivity contribution in [1.29, 1.82) is 0 Å². The van der Waals surface area contributed by atoms with Gasteiger partial charge in [0.25, 0.3) is 0 Å². The summed E-state index contributed by atoms with van der Waals surface area (Å²) in [5, 5.41) is 3.50. The zero-order valence-corrected chi connectivity index (χ0v) is 12.4. The van der Waals surface area contributed by atoms with Gasteiger partial charge in [0.1, 0.15) is 5.76 Å². The van der Waals surface area contributed by atoms with Crippen molar-refractivity contribution in [2.45, 2.75) is 38.8 Å². The van der Waals surface area contributed by atoms with Gasteiger partial charge >= 0.3 is 5.97 Å². The number of carbonyl (C=O) groups is 1. The van der Waals surface area contributed by atoms with Crippen LogP contribution >= 0.6 is 0 Å². The average molecular weight is 280 g/mol. The molecule has 0 radical (unpaired) electrons. The van der Waals surface area contributed by atoms with Gasteiger partial charge in [-0.2, -0.15) is 0 Å². The molecule has 1 aromatic heterocycles. The smallest absolute Gasteiger partial charge is 0.373 e. The summed E-state index contributed by atoms with van der Waals surface area (Å²) in [6, 6.07) is 4.02. The Morgan fingerprint density at radius 2 is 2.20 bits per heavy atom. The Kier molecular flexibility index (Phi) is 5.61. The molecular weight excluding hydrogens is 256 g/mol. The van der Waals surface area contributed by atoms with Crippen LogP contribution in [0.3, 0.4) is 0 Å². The van der Waals surface area contributed by atoms with Crippen molar-refractivity contribution in [1.82, 2.24) is 10.2 Å². The molecule has 0 aliphatic carbocycles. The van der Waals surface area contributed by atoms with Crippen LogP contribution in [0.4, 0.5) is 0 Å². The van der Waals surface area contributed by atoms with Crippen LogP contribution in [0.1, 0.15) is 42.5 Å². The number of piperidine rings is 1. The number of hydrogen-bond acceptors (Lipinski definition) is 5. The molecular formula is C15H24N2O3. The lowest BCUT2D eigenvalue weighted by Crippen LogP contribution is -2.42. The normalized spacial score (nSPS) is 17.3. The molecule has 20 heavy (non-hydrogen) atoms. The van der Waals surface area contributed by atoms with Crippen LogP contribution in [-0.2, 0) is 11.3 Å². The van der Waals surface area contributed by atoms with Crippen LogP contribution in [0.5, 0.6) is 0 Å². The molecule has 1 N–H and O–H groups in total. The van der Waals surface area contributed by atoms with Gasteiger partial charge in [-0.25, -0.2) is 4.79 Å². The van der Waals surface area contributed by atoms with Crippen molar-refractivity contribution in [3.8, 4) is 0 Å². The molecule has 0 amide bonds. The van der Waals surface area contributed by atoms with Crippen LogP contribution in [0.2, 0.25) is 0 Å². The van der Waals surface area contributed by atoms with Crippen molar-refractivity contribution < 1.29 is 13.9 Å². The van der Waals surface area contributed by atoms with Crippen LogP contribution < -0.4 is 5.32 Å². The number of carbonyl (C=O) groups excluding carboxylic acids is 1. The summed E-state index contributed by atoms with van der Waals surface area (Å²) >= 11 is 0. The fraction of sp³-hybridized carbons (Fsp3) is 0.667. The Balaban J connectivity index is 1.73. The fourth-order valence-corrected chi connectivity index (χ4v) is 2.61. The van der Waals surface area contributed by atoms with Gasteiger partial charge in [0.05, 0.1) is 13.7 Å². The van der Waals surface area contributed by atoms with E-state index in [4.69, 9.17) is 4.42 Å². The summed E-state index contributed by atoms with van der Waals surface area (Å²) in [6.07, 6.45) is 3.57. The van der Waals surface area contributed by atoms with E-state index in [1.165, 1.54) is 32.9 Å². The fourth-order valence-electron chi connectivity index (χ4n) is 2.61. The Bertz CT molecular complexity index is 423. The van der Waals surface area contributed by atoms with Gasteiger partial charge in [-0.1, -0.05) is 6.92 Å². The third-order valence-electron chi connectivity index (χ3n) is 3.74. The number of hydrogen-bond donors (Lipinski definition) is 1. The van der Waals surface area contributed by atoms with Crippen LogP contribution in [-0.4, -0.2) is 43.7 Å². The largest absolute Gasteiger partial charge is 0.463 e. The quantitative estimate of drug-likeness (QED) is 0.808. The molecule has 112 valence electrons. The molecule has 1 saturated heterocycles. The number of rotatable bonds is 6. The van der Waals surface area contributed by atoms with Crippen LogP contribution in [0, 0.1) is 0 Å². The van der Waals surface area contributed by atoms with Crippen molar-refractivity contribution in [3.63, 3.8) is 0 Å². The highest BCUT2D eigenvalue weighted by atomic mass is 16.5. The molecule has 2 heterocycles. The number of methoxy groups -OCH3 is 1. The molecule has 2 rings (SSSR count). The molecule has 5 nitrogen and oxygen atoms in total. The van der Waals surface area contributed by atoms with Gasteiger partial charge < -0.3 is 19.4 Å². The van der Waals surface area contributed by atoms with Gasteiger partial charge in [-0.3, -0.25) is 0 Å². The zero-order chi connectivity index (χ0) is 14.4. The van der Waals surface area contributed by atoms with E-state index in [9.17, 15) is 4.79 Å². The minimum atomic E-state index is -0.427. The molecule has 1 aromatic rings. The topological polar surface area (TPSA) is 54.7 Å². The number of nitrogens with one attached hydrogen (secondary N) is 1. The third-order valence-corrected chi connectivity index (χ3v) is 3.74. The molecule has 5 heteroatoms. The summed E-state index contributed by atoms with van der Waals surface area (Å²) in [4.78, 5) is 13.8. The van der Waals surface area contributed by atoms with Crippen molar-refractivity contribution in [3.05, 3.63) is 23.7 Å². The summed E-state index contributed by atoms with van der Waals surface area (Å²) in [7, 11) is 1.35. The van der Waals surface area contributed by atoms with E-state index < -0.39 is 5.97 Å². The predicted molar refractivity (Wildman–Crippen MR) is 76.6 cm³/mol. The van der Waals surface area contributed by atoms with Crippen molar-refractivity contribution >= 4 is 5.97 Å². The van der Waals surface area contributed by atoms with E-state index in [0.29, 0.717) is 12.6 Å². The van der Waals surface area contributed by atoms with E-state index in [1.54, 1.807) is 6.07 Å². The Morgan fingerprint density at radius 3 is 2.85 bits per heavy atom. The standard InChI is InChI=1S/C15H24N2O3/c1-3-8-17-9-6-12(7-10-17)16-11-13-4-5-14(20-13)15(18)19-2/h4-5,12,16H,3,6-11H2,1-2H3. The summed E-state index contributed by atoms with van der Waals surface area (Å²) in [6.45, 7) is 6.41. The van der Waals surface area contributed by atoms with Crippen LogP contribution in [0.25, 0.3) is 0 Å². The van der Waals surface area contributed by atoms with E-state index in [1.807, 2.05) is 6.07 Å². The maximum atomic E-state index is 11.3. The zero-order valence-electron chi connectivity index (χ0n) is 12.4. The van der Waals surface area contributed by atoms with E-state index in [-0.39, 0.29) is 5.76 Å². The highest BCUT2D eigenvalue weighted by molar-refractivity contribution is 5.86. The molecule has 0 unspecified atom stereocenters. The van der Waals surface area contributed by atoms with Gasteiger partial charge in [-0.15, -0.1) is 0 Å². The molecule has 0 bridgehead atoms. The molecule has 0 aromatic carbocycles. The maximum Gasteiger partial charge on any atom is 0.373 e. The third kappa shape index (κ3) is 4.08. The first kappa shape index (κ1) is 15.1. The first-order valence-corrected chi connectivity index (χ1v) is 7.35.